The van der Waals surface area contributed by atoms with Gasteiger partial charge in [0.2, 0.25) is 0 Å². The Morgan fingerprint density at radius 3 is 2.71 bits per heavy atom. The average molecular weight is 420 g/mol. The van der Waals surface area contributed by atoms with Gasteiger partial charge in [-0.2, -0.15) is 0 Å². The number of benzene rings is 2. The minimum absolute atomic E-state index is 0.136. The number of aromatic nitrogens is 2. The van der Waals surface area contributed by atoms with Crippen LogP contribution in [0.15, 0.2) is 66.2 Å². The maximum absolute atomic E-state index is 6.00. The van der Waals surface area contributed by atoms with Crippen LogP contribution < -0.4 is 15.4 Å². The first-order valence-corrected chi connectivity index (χ1v) is 10.9. The van der Waals surface area contributed by atoms with Gasteiger partial charge < -0.3 is 19.9 Å². The molecule has 2 aromatic carbocycles. The topological polar surface area (TPSA) is 63.5 Å². The zero-order valence-electron chi connectivity index (χ0n) is 18.9. The van der Waals surface area contributed by atoms with Crippen molar-refractivity contribution in [2.75, 3.05) is 6.54 Å². The maximum Gasteiger partial charge on any atom is 0.191 e. The first-order chi connectivity index (χ1) is 15.0. The summed E-state index contributed by atoms with van der Waals surface area (Å²) in [6.45, 7) is 11.1. The minimum Gasteiger partial charge on any atom is -0.491 e. The van der Waals surface area contributed by atoms with Gasteiger partial charge in [0.1, 0.15) is 5.75 Å². The third-order valence-corrected chi connectivity index (χ3v) is 4.71. The van der Waals surface area contributed by atoms with Crippen LogP contribution in [0, 0.1) is 6.92 Å². The molecule has 0 aliphatic carbocycles. The number of hydrogen-bond acceptors (Lipinski definition) is 3. The van der Waals surface area contributed by atoms with Crippen LogP contribution in [0.5, 0.6) is 5.75 Å². The normalized spacial score (nSPS) is 11.6. The fraction of sp³-hybridized carbons (Fsp3) is 0.360. The van der Waals surface area contributed by atoms with Gasteiger partial charge in [0.25, 0.3) is 0 Å². The first kappa shape index (κ1) is 22.4. The smallest absolute Gasteiger partial charge is 0.191 e. The molecule has 0 fully saturated rings. The molecule has 0 aliphatic rings. The van der Waals surface area contributed by atoms with Crippen molar-refractivity contribution in [2.45, 2.75) is 53.4 Å². The second-order valence-electron chi connectivity index (χ2n) is 7.88. The number of imidazole rings is 1. The molecular weight excluding hydrogens is 386 g/mol. The van der Waals surface area contributed by atoms with E-state index in [4.69, 9.17) is 9.73 Å². The van der Waals surface area contributed by atoms with Crippen LogP contribution in [-0.2, 0) is 19.6 Å². The zero-order chi connectivity index (χ0) is 22.1. The lowest BCUT2D eigenvalue weighted by Gasteiger charge is -2.17. The number of nitrogens with zero attached hydrogens (tertiary/aromatic N) is 3. The van der Waals surface area contributed by atoms with Crippen LogP contribution in [0.1, 0.15) is 43.0 Å². The lowest BCUT2D eigenvalue weighted by atomic mass is 10.1. The van der Waals surface area contributed by atoms with Crippen LogP contribution in [0.25, 0.3) is 0 Å². The Labute approximate surface area is 185 Å². The quantitative estimate of drug-likeness (QED) is 0.401. The molecule has 0 amide bonds. The summed E-state index contributed by atoms with van der Waals surface area (Å²) in [7, 11) is 0. The van der Waals surface area contributed by atoms with E-state index in [0.29, 0.717) is 13.1 Å². The fourth-order valence-electron chi connectivity index (χ4n) is 3.28. The molecule has 3 aromatic rings. The Bertz CT molecular complexity index is 979. The SMILES string of the molecule is CCNC(=NCc1cccc(Cn2ccnc2)c1)NCc1ccc(C)cc1OC(C)C. The number of hydrogen-bond donors (Lipinski definition) is 2. The minimum atomic E-state index is 0.136. The largest absolute Gasteiger partial charge is 0.491 e. The predicted molar refractivity (Wildman–Crippen MR) is 126 cm³/mol. The molecule has 31 heavy (non-hydrogen) atoms. The summed E-state index contributed by atoms with van der Waals surface area (Å²) in [6.07, 6.45) is 5.74. The average Bonchev–Trinajstić information content (AvgIpc) is 3.24. The van der Waals surface area contributed by atoms with Crippen molar-refractivity contribution in [1.82, 2.24) is 20.2 Å². The molecule has 0 bridgehead atoms. The van der Waals surface area contributed by atoms with Crippen LogP contribution in [0.2, 0.25) is 0 Å². The van der Waals surface area contributed by atoms with Crippen molar-refractivity contribution in [1.29, 1.82) is 0 Å². The van der Waals surface area contributed by atoms with Gasteiger partial charge in [0.05, 0.1) is 19.0 Å². The van der Waals surface area contributed by atoms with E-state index in [1.54, 1.807) is 6.20 Å². The Hall–Kier alpha value is -3.28. The highest BCUT2D eigenvalue weighted by Crippen LogP contribution is 2.21. The summed E-state index contributed by atoms with van der Waals surface area (Å²) in [6, 6.07) is 14.8. The molecule has 0 saturated heterocycles. The van der Waals surface area contributed by atoms with Gasteiger partial charge in [-0.3, -0.25) is 0 Å². The van der Waals surface area contributed by atoms with Gasteiger partial charge in [-0.15, -0.1) is 0 Å². The van der Waals surface area contributed by atoms with Gasteiger partial charge in [0, 0.05) is 37.6 Å². The molecule has 0 atom stereocenters. The second kappa shape index (κ2) is 11.2. The van der Waals surface area contributed by atoms with Crippen LogP contribution in [0.4, 0.5) is 0 Å². The summed E-state index contributed by atoms with van der Waals surface area (Å²) in [4.78, 5) is 8.89. The van der Waals surface area contributed by atoms with Gasteiger partial charge in [-0.25, -0.2) is 9.98 Å². The molecule has 1 aromatic heterocycles. The van der Waals surface area contributed by atoms with E-state index in [2.05, 4.69) is 76.5 Å². The maximum atomic E-state index is 6.00. The van der Waals surface area contributed by atoms with Gasteiger partial charge >= 0.3 is 0 Å². The van der Waals surface area contributed by atoms with E-state index in [1.807, 2.05) is 26.4 Å². The molecule has 0 radical (unpaired) electrons. The standard InChI is InChI=1S/C25H33N5O/c1-5-27-25(29-16-23-10-9-20(4)13-24(23)31-19(2)3)28-15-21-7-6-8-22(14-21)17-30-12-11-26-18-30/h6-14,18-19H,5,15-17H2,1-4H3,(H2,27,28,29). The summed E-state index contributed by atoms with van der Waals surface area (Å²) < 4.78 is 8.06. The van der Waals surface area contributed by atoms with E-state index < -0.39 is 0 Å². The number of nitrogens with one attached hydrogen (secondary N) is 2. The van der Waals surface area contributed by atoms with Crippen LogP contribution in [0.3, 0.4) is 0 Å². The van der Waals surface area contributed by atoms with E-state index in [1.165, 1.54) is 16.7 Å². The van der Waals surface area contributed by atoms with E-state index in [0.717, 1.165) is 30.4 Å². The highest BCUT2D eigenvalue weighted by Gasteiger charge is 2.08. The number of aryl methyl sites for hydroxylation is 1. The van der Waals surface area contributed by atoms with Crippen LogP contribution in [-0.4, -0.2) is 28.2 Å². The van der Waals surface area contributed by atoms with Crippen molar-refractivity contribution in [3.63, 3.8) is 0 Å². The highest BCUT2D eigenvalue weighted by molar-refractivity contribution is 5.79. The van der Waals surface area contributed by atoms with Gasteiger partial charge in [0.15, 0.2) is 5.96 Å². The highest BCUT2D eigenvalue weighted by atomic mass is 16.5. The van der Waals surface area contributed by atoms with E-state index >= 15 is 0 Å². The van der Waals surface area contributed by atoms with Crippen LogP contribution >= 0.6 is 0 Å². The molecule has 0 spiro atoms. The molecule has 0 saturated carbocycles. The lowest BCUT2D eigenvalue weighted by Crippen LogP contribution is -2.36. The van der Waals surface area contributed by atoms with Gasteiger partial charge in [-0.05, 0) is 50.5 Å². The molecule has 0 aliphatic heterocycles. The van der Waals surface area contributed by atoms with Crippen molar-refractivity contribution in [3.05, 3.63) is 83.4 Å². The summed E-state index contributed by atoms with van der Waals surface area (Å²) in [5, 5.41) is 6.77. The molecule has 164 valence electrons. The molecule has 1 heterocycles. The Morgan fingerprint density at radius 1 is 1.13 bits per heavy atom. The Kier molecular flexibility index (Phi) is 8.10. The van der Waals surface area contributed by atoms with Crippen molar-refractivity contribution < 1.29 is 4.74 Å². The zero-order valence-corrected chi connectivity index (χ0v) is 18.9. The molecular formula is C25H33N5O. The number of aliphatic imine (C=N–C) groups is 1. The summed E-state index contributed by atoms with van der Waals surface area (Å²) in [5.41, 5.74) is 4.72. The lowest BCUT2D eigenvalue weighted by molar-refractivity contribution is 0.239. The summed E-state index contributed by atoms with van der Waals surface area (Å²) >= 11 is 0. The third kappa shape index (κ3) is 7.17. The number of ether oxygens (including phenoxy) is 1. The summed E-state index contributed by atoms with van der Waals surface area (Å²) in [5.74, 6) is 1.71. The first-order valence-electron chi connectivity index (χ1n) is 10.9. The predicted octanol–water partition coefficient (Wildman–Crippen LogP) is 4.28. The van der Waals surface area contributed by atoms with E-state index in [9.17, 15) is 0 Å². The molecule has 2 N–H and O–H groups in total. The Morgan fingerprint density at radius 2 is 1.97 bits per heavy atom. The second-order valence-corrected chi connectivity index (χ2v) is 7.88. The third-order valence-electron chi connectivity index (χ3n) is 4.71. The van der Waals surface area contributed by atoms with Gasteiger partial charge in [-0.1, -0.05) is 36.4 Å². The van der Waals surface area contributed by atoms with Crippen molar-refractivity contribution in [3.8, 4) is 5.75 Å². The van der Waals surface area contributed by atoms with Crippen molar-refractivity contribution >= 4 is 5.96 Å². The molecule has 6 heteroatoms. The molecule has 3 rings (SSSR count). The van der Waals surface area contributed by atoms with E-state index in [-0.39, 0.29) is 6.10 Å². The number of guanidine groups is 1. The molecule has 0 unspecified atom stereocenters. The van der Waals surface area contributed by atoms with Crippen molar-refractivity contribution in [2.24, 2.45) is 4.99 Å². The monoisotopic (exact) mass is 419 g/mol. The fourth-order valence-corrected chi connectivity index (χ4v) is 3.28. The number of rotatable bonds is 9. The molecule has 6 nitrogen and oxygen atoms in total. The Balaban J connectivity index is 1.66.